The highest BCUT2D eigenvalue weighted by atomic mass is 32.2. The van der Waals surface area contributed by atoms with Crippen molar-refractivity contribution >= 4 is 23.7 Å². The lowest BCUT2D eigenvalue weighted by molar-refractivity contribution is -0.157. The summed E-state index contributed by atoms with van der Waals surface area (Å²) in [5.74, 6) is 1.30. The van der Waals surface area contributed by atoms with Gasteiger partial charge in [-0.2, -0.15) is 5.26 Å². The topological polar surface area (TPSA) is 163 Å². The van der Waals surface area contributed by atoms with Crippen LogP contribution in [-0.4, -0.2) is 89.9 Å². The lowest BCUT2D eigenvalue weighted by Crippen LogP contribution is -2.69. The molecule has 0 radical (unpaired) electrons. The van der Waals surface area contributed by atoms with Gasteiger partial charge in [0.2, 0.25) is 6.79 Å². The molecule has 10 rings (SSSR count). The third-order valence-corrected chi connectivity index (χ3v) is 14.3. The van der Waals surface area contributed by atoms with Crippen LogP contribution in [0.1, 0.15) is 87.2 Å². The van der Waals surface area contributed by atoms with Gasteiger partial charge in [-0.25, -0.2) is 4.79 Å². The number of benzene rings is 3. The minimum atomic E-state index is -1.28. The molecule has 0 amide bonds. The molecule has 2 fully saturated rings. The van der Waals surface area contributed by atoms with Gasteiger partial charge < -0.3 is 33.9 Å². The Labute approximate surface area is 329 Å². The maximum absolute atomic E-state index is 14.8. The Hall–Kier alpha value is -4.68. The molecule has 1 spiro atoms. The van der Waals surface area contributed by atoms with Gasteiger partial charge in [0, 0.05) is 53.1 Å². The predicted molar refractivity (Wildman–Crippen MR) is 205 cm³/mol. The highest BCUT2D eigenvalue weighted by molar-refractivity contribution is 7.99. The first-order valence-corrected chi connectivity index (χ1v) is 20.3. The second-order valence-electron chi connectivity index (χ2n) is 15.8. The van der Waals surface area contributed by atoms with E-state index in [4.69, 9.17) is 23.7 Å². The number of likely N-dealkylation sites (N-methyl/N-ethyl adjacent to an activating group) is 1. The first kappa shape index (κ1) is 36.9. The van der Waals surface area contributed by atoms with Crippen molar-refractivity contribution in [1.82, 2.24) is 15.1 Å². The standard InChI is InChI=1S/C42H46N4O9S/c1-7-8-29(48)55-37-21(4)38-39(54-18-53-38)31-27-16-52-41(50)42(24-12-19(2)28(47)14-22(24)9-10-44-42)17-56-40(32(31)37)34-33-30-23(11-20(3)36(51-6)35(30)49)13-25(45(33)5)26(15-43)46(27)34/h11-12,14,25-27,33-34,40,44,47,49H,7-10,13,16-18H2,1-6H3/t25-,26-,27?,33+,34?,40+,42+/m0/s1. The van der Waals surface area contributed by atoms with Crippen molar-refractivity contribution in [2.45, 2.75) is 94.4 Å². The summed E-state index contributed by atoms with van der Waals surface area (Å²) >= 11 is 1.53. The van der Waals surface area contributed by atoms with Crippen molar-refractivity contribution in [3.05, 3.63) is 68.3 Å². The summed E-state index contributed by atoms with van der Waals surface area (Å²) in [4.78, 5) is 32.7. The monoisotopic (exact) mass is 782 g/mol. The number of nitrogens with one attached hydrogen (secondary N) is 1. The van der Waals surface area contributed by atoms with E-state index in [-0.39, 0.29) is 49.1 Å². The lowest BCUT2D eigenvalue weighted by atomic mass is 9.71. The minimum Gasteiger partial charge on any atom is -0.508 e. The number of phenols is 2. The summed E-state index contributed by atoms with van der Waals surface area (Å²) in [5.41, 5.74) is 5.47. The van der Waals surface area contributed by atoms with Gasteiger partial charge in [0.15, 0.2) is 28.5 Å². The van der Waals surface area contributed by atoms with Crippen molar-refractivity contribution in [3.8, 4) is 40.6 Å². The zero-order chi connectivity index (χ0) is 39.4. The van der Waals surface area contributed by atoms with E-state index in [0.717, 1.165) is 33.4 Å². The highest BCUT2D eigenvalue weighted by Crippen LogP contribution is 2.64. The number of methoxy groups -OCH3 is 1. The number of esters is 2. The summed E-state index contributed by atoms with van der Waals surface area (Å²) in [6.07, 6.45) is 1.91. The molecule has 0 aromatic heterocycles. The number of aromatic hydroxyl groups is 2. The molecule has 7 aliphatic rings. The molecule has 7 atom stereocenters. The Bertz CT molecular complexity index is 2240. The minimum absolute atomic E-state index is 0.0468. The Morgan fingerprint density at radius 2 is 1.86 bits per heavy atom. The van der Waals surface area contributed by atoms with Gasteiger partial charge in [-0.3, -0.25) is 19.9 Å². The number of carbonyl (C=O) groups is 2. The summed E-state index contributed by atoms with van der Waals surface area (Å²) in [6, 6.07) is 5.69. The van der Waals surface area contributed by atoms with E-state index in [1.54, 1.807) is 13.2 Å². The number of fused-ring (bicyclic) bond motifs is 9. The molecular formula is C42H46N4O9S. The molecule has 7 aliphatic heterocycles. The zero-order valence-corrected chi connectivity index (χ0v) is 33.2. The van der Waals surface area contributed by atoms with Crippen LogP contribution in [0.25, 0.3) is 0 Å². The van der Waals surface area contributed by atoms with E-state index in [1.165, 1.54) is 11.8 Å². The molecule has 4 bridgehead atoms. The number of thioether (sulfide) groups is 1. The molecular weight excluding hydrogens is 737 g/mol. The second kappa shape index (κ2) is 13.5. The average Bonchev–Trinajstić information content (AvgIpc) is 3.66. The summed E-state index contributed by atoms with van der Waals surface area (Å²) in [7, 11) is 3.56. The summed E-state index contributed by atoms with van der Waals surface area (Å²) in [6.45, 7) is 7.80. The van der Waals surface area contributed by atoms with Crippen LogP contribution >= 0.6 is 11.8 Å². The number of hydrogen-bond acceptors (Lipinski definition) is 14. The first-order valence-electron chi connectivity index (χ1n) is 19.3. The Kier molecular flexibility index (Phi) is 8.88. The van der Waals surface area contributed by atoms with Crippen LogP contribution in [0.5, 0.6) is 34.5 Å². The second-order valence-corrected chi connectivity index (χ2v) is 17.0. The number of carbonyl (C=O) groups excluding carboxylic acids is 2. The first-order chi connectivity index (χ1) is 26.9. The molecule has 3 aromatic carbocycles. The van der Waals surface area contributed by atoms with Crippen molar-refractivity contribution in [2.75, 3.05) is 39.9 Å². The SMILES string of the molecule is CCCC(=O)Oc1c(C)c2c(c3c1[C@H]1SC[C@]4(NCCc5cc(O)c(C)cc54)C(=O)OCC3N3C1[C@H]1c4c(cc(C)c(OC)c4O)C[C@@H]([C@@H]3C#N)N1C)OCO2. The van der Waals surface area contributed by atoms with Crippen LogP contribution in [0.2, 0.25) is 0 Å². The van der Waals surface area contributed by atoms with E-state index in [9.17, 15) is 25.1 Å². The molecule has 14 heteroatoms. The number of aryl methyl sites for hydroxylation is 2. The highest BCUT2D eigenvalue weighted by Gasteiger charge is 2.62. The van der Waals surface area contributed by atoms with Gasteiger partial charge in [0.05, 0.1) is 30.5 Å². The largest absolute Gasteiger partial charge is 0.508 e. The maximum atomic E-state index is 14.8. The zero-order valence-electron chi connectivity index (χ0n) is 32.4. The number of nitrogens with zero attached hydrogens (tertiary/aromatic N) is 3. The predicted octanol–water partition coefficient (Wildman–Crippen LogP) is 5.07. The van der Waals surface area contributed by atoms with Gasteiger partial charge in [-0.15, -0.1) is 11.8 Å². The third kappa shape index (κ3) is 5.10. The Balaban J connectivity index is 1.33. The number of piperazine rings is 1. The van der Waals surface area contributed by atoms with Crippen LogP contribution in [0.4, 0.5) is 0 Å². The quantitative estimate of drug-likeness (QED) is 0.238. The van der Waals surface area contributed by atoms with Gasteiger partial charge in [0.1, 0.15) is 24.1 Å². The molecule has 13 nitrogen and oxygen atoms in total. The number of rotatable bonds is 4. The number of ether oxygens (including phenoxy) is 5. The molecule has 3 aromatic rings. The molecule has 2 unspecified atom stereocenters. The molecule has 3 N–H and O–H groups in total. The number of phenolic OH excluding ortho intramolecular Hbond substituents is 2. The maximum Gasteiger partial charge on any atom is 0.331 e. The Morgan fingerprint density at radius 3 is 2.61 bits per heavy atom. The van der Waals surface area contributed by atoms with Crippen LogP contribution in [0.3, 0.4) is 0 Å². The lowest BCUT2D eigenvalue weighted by Gasteiger charge is -2.62. The normalized spacial score (nSPS) is 28.7. The van der Waals surface area contributed by atoms with E-state index in [1.807, 2.05) is 40.8 Å². The fourth-order valence-electron chi connectivity index (χ4n) is 10.4. The molecule has 7 heterocycles. The molecule has 0 aliphatic carbocycles. The van der Waals surface area contributed by atoms with Crippen LogP contribution < -0.4 is 24.3 Å². The van der Waals surface area contributed by atoms with Crippen LogP contribution in [0, 0.1) is 32.1 Å². The molecule has 2 saturated heterocycles. The smallest absolute Gasteiger partial charge is 0.331 e. The molecule has 56 heavy (non-hydrogen) atoms. The van der Waals surface area contributed by atoms with Gasteiger partial charge in [0.25, 0.3) is 0 Å². The van der Waals surface area contributed by atoms with Gasteiger partial charge in [-0.1, -0.05) is 13.0 Å². The average molecular weight is 783 g/mol. The fourth-order valence-corrected chi connectivity index (χ4v) is 12.1. The van der Waals surface area contributed by atoms with Crippen molar-refractivity contribution in [1.29, 1.82) is 5.26 Å². The van der Waals surface area contributed by atoms with Crippen LogP contribution in [0.15, 0.2) is 18.2 Å². The van der Waals surface area contributed by atoms with Crippen molar-refractivity contribution in [2.24, 2.45) is 0 Å². The molecule has 294 valence electrons. The third-order valence-electron chi connectivity index (χ3n) is 12.9. The number of hydrogen-bond donors (Lipinski definition) is 3. The summed E-state index contributed by atoms with van der Waals surface area (Å²) in [5, 5.41) is 37.0. The molecule has 0 saturated carbocycles. The van der Waals surface area contributed by atoms with Crippen molar-refractivity contribution in [3.63, 3.8) is 0 Å². The number of nitriles is 1. The Morgan fingerprint density at radius 1 is 1.07 bits per heavy atom. The van der Waals surface area contributed by atoms with E-state index >= 15 is 0 Å². The summed E-state index contributed by atoms with van der Waals surface area (Å²) < 4.78 is 31.0. The van der Waals surface area contributed by atoms with E-state index in [0.29, 0.717) is 65.5 Å². The van der Waals surface area contributed by atoms with Crippen molar-refractivity contribution < 1.29 is 43.5 Å². The fraction of sp³-hybridized carbons (Fsp3) is 0.500. The van der Waals surface area contributed by atoms with Gasteiger partial charge in [-0.05, 0) is 87.0 Å². The van der Waals surface area contributed by atoms with Crippen LogP contribution in [-0.2, 0) is 32.7 Å². The van der Waals surface area contributed by atoms with E-state index < -0.39 is 40.9 Å². The van der Waals surface area contributed by atoms with E-state index in [2.05, 4.69) is 27.3 Å². The van der Waals surface area contributed by atoms with Gasteiger partial charge >= 0.3 is 11.9 Å².